The van der Waals surface area contributed by atoms with Crippen LogP contribution in [0.4, 0.5) is 0 Å². The predicted octanol–water partition coefficient (Wildman–Crippen LogP) is 17.2. The summed E-state index contributed by atoms with van der Waals surface area (Å²) in [7, 11) is 0. The monoisotopic (exact) mass is 882 g/mol. The quantitative estimate of drug-likeness (QED) is 0.152. The summed E-state index contributed by atoms with van der Waals surface area (Å²) in [6.07, 6.45) is 0. The Kier molecular flexibility index (Phi) is 9.62. The van der Waals surface area contributed by atoms with Crippen molar-refractivity contribution in [3.63, 3.8) is 0 Å². The van der Waals surface area contributed by atoms with Gasteiger partial charge in [-0.25, -0.2) is 9.97 Å². The normalized spacial score (nSPS) is 12.5. The maximum absolute atomic E-state index is 5.39. The van der Waals surface area contributed by atoms with E-state index in [1.807, 2.05) is 17.4 Å². The molecule has 68 heavy (non-hydrogen) atoms. The minimum Gasteiger partial charge on any atom is -0.228 e. The van der Waals surface area contributed by atoms with E-state index in [9.17, 15) is 0 Å². The molecule has 1 aliphatic carbocycles. The Labute approximate surface area is 400 Å². The summed E-state index contributed by atoms with van der Waals surface area (Å²) in [5.41, 5.74) is 18.9. The van der Waals surface area contributed by atoms with E-state index in [1.54, 1.807) is 0 Å². The molecule has 0 aliphatic heterocycles. The van der Waals surface area contributed by atoms with Gasteiger partial charge in [-0.2, -0.15) is 0 Å². The average Bonchev–Trinajstić information content (AvgIpc) is 3.96. The molecule has 0 amide bonds. The zero-order valence-electron chi connectivity index (χ0n) is 37.1. The van der Waals surface area contributed by atoms with Crippen LogP contribution in [-0.4, -0.2) is 9.97 Å². The lowest BCUT2D eigenvalue weighted by atomic mass is 9.67. The minimum absolute atomic E-state index is 0.504. The Bertz CT molecular complexity index is 3780. The van der Waals surface area contributed by atoms with Gasteiger partial charge in [-0.3, -0.25) is 0 Å². The van der Waals surface area contributed by atoms with Crippen molar-refractivity contribution in [2.45, 2.75) is 5.41 Å². The lowest BCUT2D eigenvalue weighted by molar-refractivity contribution is 0.768. The van der Waals surface area contributed by atoms with Crippen LogP contribution in [0.2, 0.25) is 0 Å². The predicted molar refractivity (Wildman–Crippen MR) is 285 cm³/mol. The Morgan fingerprint density at radius 3 is 1.56 bits per heavy atom. The summed E-state index contributed by atoms with van der Waals surface area (Å²) in [6, 6.07) is 92.4. The van der Waals surface area contributed by atoms with Crippen molar-refractivity contribution in [2.24, 2.45) is 0 Å². The third kappa shape index (κ3) is 6.54. The summed E-state index contributed by atoms with van der Waals surface area (Å²) in [5.74, 6) is 0.689. The lowest BCUT2D eigenvalue weighted by Gasteiger charge is -2.34. The number of thiophene rings is 1. The van der Waals surface area contributed by atoms with Gasteiger partial charge in [0.25, 0.3) is 0 Å². The number of fused-ring (bicyclic) bond motifs is 6. The number of rotatable bonds is 8. The zero-order chi connectivity index (χ0) is 45.0. The smallest absolute Gasteiger partial charge is 0.160 e. The molecule has 0 N–H and O–H groups in total. The van der Waals surface area contributed by atoms with Crippen LogP contribution in [0.1, 0.15) is 22.3 Å². The molecule has 0 fully saturated rings. The maximum atomic E-state index is 5.39. The SMILES string of the molecule is c1ccc(-c2cc(-c3cc(-c4ccc(-c5cccc6c5sc5ccccc56)cc4)nc(-c4ccccc4)n3)cc(-c3cccc4c3-c3ccccc3C4(c3ccccc3)c3ccccc3)c2)cc1. The molecule has 0 atom stereocenters. The van der Waals surface area contributed by atoms with Gasteiger partial charge in [-0.05, 0) is 97.1 Å². The first-order valence-corrected chi connectivity index (χ1v) is 24.0. The molecule has 1 aliphatic rings. The van der Waals surface area contributed by atoms with Crippen LogP contribution < -0.4 is 0 Å². The molecule has 13 rings (SSSR count). The van der Waals surface area contributed by atoms with Crippen LogP contribution in [0.15, 0.2) is 255 Å². The molecule has 0 saturated heterocycles. The summed E-state index contributed by atoms with van der Waals surface area (Å²) in [5, 5.41) is 2.61. The van der Waals surface area contributed by atoms with Gasteiger partial charge in [0.2, 0.25) is 0 Å². The van der Waals surface area contributed by atoms with Crippen molar-refractivity contribution in [3.05, 3.63) is 277 Å². The number of aromatic nitrogens is 2. The molecule has 0 saturated carbocycles. The maximum Gasteiger partial charge on any atom is 0.160 e. The van der Waals surface area contributed by atoms with Crippen LogP contribution >= 0.6 is 11.3 Å². The van der Waals surface area contributed by atoms with Gasteiger partial charge in [0, 0.05) is 36.9 Å². The topological polar surface area (TPSA) is 25.8 Å². The lowest BCUT2D eigenvalue weighted by Crippen LogP contribution is -2.28. The number of benzene rings is 10. The van der Waals surface area contributed by atoms with E-state index in [0.717, 1.165) is 44.8 Å². The molecule has 2 aromatic heterocycles. The van der Waals surface area contributed by atoms with Crippen molar-refractivity contribution < 1.29 is 0 Å². The van der Waals surface area contributed by atoms with Gasteiger partial charge in [0.05, 0.1) is 16.8 Å². The Morgan fingerprint density at radius 2 is 0.824 bits per heavy atom. The van der Waals surface area contributed by atoms with Crippen LogP contribution in [0.5, 0.6) is 0 Å². The highest BCUT2D eigenvalue weighted by molar-refractivity contribution is 7.26. The largest absolute Gasteiger partial charge is 0.228 e. The highest BCUT2D eigenvalue weighted by atomic mass is 32.1. The van der Waals surface area contributed by atoms with Crippen LogP contribution in [0.25, 0.3) is 98.6 Å². The third-order valence-electron chi connectivity index (χ3n) is 13.8. The van der Waals surface area contributed by atoms with Crippen LogP contribution in [0, 0.1) is 0 Å². The van der Waals surface area contributed by atoms with E-state index in [4.69, 9.17) is 9.97 Å². The fourth-order valence-corrected chi connectivity index (χ4v) is 12.0. The second-order valence-electron chi connectivity index (χ2n) is 17.6. The van der Waals surface area contributed by atoms with Gasteiger partial charge < -0.3 is 0 Å². The van der Waals surface area contributed by atoms with Gasteiger partial charge in [-0.15, -0.1) is 11.3 Å². The summed E-state index contributed by atoms with van der Waals surface area (Å²) < 4.78 is 2.62. The summed E-state index contributed by atoms with van der Waals surface area (Å²) in [6.45, 7) is 0. The van der Waals surface area contributed by atoms with E-state index in [1.165, 1.54) is 70.2 Å². The van der Waals surface area contributed by atoms with Crippen molar-refractivity contribution in [2.75, 3.05) is 0 Å². The number of hydrogen-bond acceptors (Lipinski definition) is 3. The van der Waals surface area contributed by atoms with E-state index in [-0.39, 0.29) is 0 Å². The van der Waals surface area contributed by atoms with Crippen molar-refractivity contribution in [1.82, 2.24) is 9.97 Å². The second kappa shape index (κ2) is 16.4. The Hall–Kier alpha value is -8.50. The molecule has 10 aromatic carbocycles. The highest BCUT2D eigenvalue weighted by Gasteiger charge is 2.46. The van der Waals surface area contributed by atoms with Gasteiger partial charge >= 0.3 is 0 Å². The molecule has 12 aromatic rings. The first kappa shape index (κ1) is 39.8. The van der Waals surface area contributed by atoms with Gasteiger partial charge in [-0.1, -0.05) is 224 Å². The van der Waals surface area contributed by atoms with Crippen LogP contribution in [-0.2, 0) is 5.41 Å². The molecule has 0 radical (unpaired) electrons. The highest BCUT2D eigenvalue weighted by Crippen LogP contribution is 2.58. The molecule has 0 unspecified atom stereocenters. The molecular formula is C65H42N2S. The fourth-order valence-electron chi connectivity index (χ4n) is 10.7. The fraction of sp³-hybridized carbons (Fsp3) is 0.0154. The van der Waals surface area contributed by atoms with E-state index < -0.39 is 5.41 Å². The first-order chi connectivity index (χ1) is 33.7. The van der Waals surface area contributed by atoms with E-state index >= 15 is 0 Å². The average molecular weight is 883 g/mol. The summed E-state index contributed by atoms with van der Waals surface area (Å²) in [4.78, 5) is 10.7. The zero-order valence-corrected chi connectivity index (χ0v) is 37.9. The summed E-state index contributed by atoms with van der Waals surface area (Å²) >= 11 is 1.86. The number of nitrogens with zero attached hydrogens (tertiary/aromatic N) is 2. The van der Waals surface area contributed by atoms with Gasteiger partial charge in [0.15, 0.2) is 5.82 Å². The molecule has 0 bridgehead atoms. The van der Waals surface area contributed by atoms with E-state index in [2.05, 4.69) is 249 Å². The molecular weight excluding hydrogens is 841 g/mol. The molecule has 2 nitrogen and oxygen atoms in total. The second-order valence-corrected chi connectivity index (χ2v) is 18.7. The van der Waals surface area contributed by atoms with Crippen molar-refractivity contribution in [1.29, 1.82) is 0 Å². The third-order valence-corrected chi connectivity index (χ3v) is 15.0. The standard InChI is InChI=1S/C65H42N2S/c1-5-19-43(20-6-1)47-39-48(52-29-18-33-58-62(52)56-28-13-15-32-57(56)65(58,50-23-9-3-10-24-50)51-25-11-4-12-26-51)41-49(40-47)60-42-59(66-64(67-60)46-21-7-2-8-22-46)45-37-35-44(36-38-45)53-30-17-31-55-54-27-14-16-34-61(54)68-63(53)55/h1-42H. The van der Waals surface area contributed by atoms with E-state index in [0.29, 0.717) is 5.82 Å². The molecule has 0 spiro atoms. The van der Waals surface area contributed by atoms with Crippen molar-refractivity contribution >= 4 is 31.5 Å². The molecule has 2 heterocycles. The molecule has 3 heteroatoms. The first-order valence-electron chi connectivity index (χ1n) is 23.2. The van der Waals surface area contributed by atoms with Gasteiger partial charge in [0.1, 0.15) is 0 Å². The number of hydrogen-bond donors (Lipinski definition) is 0. The molecule has 318 valence electrons. The Morgan fingerprint density at radius 1 is 0.309 bits per heavy atom. The Balaban J connectivity index is 1.00. The van der Waals surface area contributed by atoms with Crippen molar-refractivity contribution in [3.8, 4) is 78.4 Å². The van der Waals surface area contributed by atoms with Crippen LogP contribution in [0.3, 0.4) is 0 Å². The minimum atomic E-state index is -0.504.